The SMILES string of the molecule is C1=CC2=Cc3c(n(C4=CCC5C=C6C(=CC5=C4)N(C4=CC(C5NC(C7=Cc8ccccc8CC7)=NC(c7ccc8ccc9ccccc9c8c7)N5)C5C=CCCC5=C4)C4CCC=CC64)c4ccccc34)CC2C=C1. The second-order valence-electron chi connectivity index (χ2n) is 22.3. The number of rotatable bonds is 5. The Morgan fingerprint density at radius 3 is 2.47 bits per heavy atom. The summed E-state index contributed by atoms with van der Waals surface area (Å²) in [7, 11) is 0. The van der Waals surface area contributed by atoms with Crippen LogP contribution in [0.3, 0.4) is 0 Å². The molecule has 5 nitrogen and oxygen atoms in total. The number of aliphatic imine (C=N–C) groups is 1. The molecule has 5 aromatic carbocycles. The van der Waals surface area contributed by atoms with Gasteiger partial charge in [-0.3, -0.25) is 5.32 Å². The molecule has 0 spiro atoms. The summed E-state index contributed by atoms with van der Waals surface area (Å²) in [6.07, 6.45) is 47.6. The summed E-state index contributed by atoms with van der Waals surface area (Å²) >= 11 is 0. The number of nitrogens with zero attached hydrogens (tertiary/aromatic N) is 3. The molecule has 1 fully saturated rings. The van der Waals surface area contributed by atoms with Crippen LogP contribution in [0.2, 0.25) is 0 Å². The van der Waals surface area contributed by atoms with Gasteiger partial charge in [-0.25, -0.2) is 4.99 Å². The van der Waals surface area contributed by atoms with Crippen molar-refractivity contribution in [3.63, 3.8) is 0 Å². The van der Waals surface area contributed by atoms with Crippen LogP contribution in [0.1, 0.15) is 72.6 Å². The lowest BCUT2D eigenvalue weighted by atomic mass is 9.74. The maximum Gasteiger partial charge on any atom is 0.129 e. The van der Waals surface area contributed by atoms with Gasteiger partial charge in [-0.15, -0.1) is 0 Å². The Hall–Kier alpha value is -7.73. The van der Waals surface area contributed by atoms with Gasteiger partial charge in [-0.1, -0.05) is 163 Å². The predicted octanol–water partition coefficient (Wildman–Crippen LogP) is 14.9. The molecule has 8 atom stereocenters. The van der Waals surface area contributed by atoms with Crippen LogP contribution in [-0.2, 0) is 12.8 Å². The van der Waals surface area contributed by atoms with E-state index in [1.165, 1.54) is 99.8 Å². The number of hydrogen-bond donors (Lipinski definition) is 2. The smallest absolute Gasteiger partial charge is 0.129 e. The molecule has 2 N–H and O–H groups in total. The summed E-state index contributed by atoms with van der Waals surface area (Å²) in [6, 6.07) is 38.6. The summed E-state index contributed by atoms with van der Waals surface area (Å²) in [6.45, 7) is 0. The van der Waals surface area contributed by atoms with Crippen molar-refractivity contribution in [1.29, 1.82) is 0 Å². The number of amidine groups is 1. The number of nitrogens with one attached hydrogen (secondary N) is 2. The van der Waals surface area contributed by atoms with Crippen LogP contribution >= 0.6 is 0 Å². The average Bonchev–Trinajstić information content (AvgIpc) is 3.96. The zero-order valence-corrected chi connectivity index (χ0v) is 41.7. The van der Waals surface area contributed by atoms with Crippen LogP contribution in [0, 0.1) is 29.6 Å². The van der Waals surface area contributed by atoms with Crippen molar-refractivity contribution in [2.75, 3.05) is 0 Å². The number of aromatic nitrogens is 1. The quantitative estimate of drug-likeness (QED) is 0.134. The van der Waals surface area contributed by atoms with Gasteiger partial charge in [0.25, 0.3) is 0 Å². The zero-order chi connectivity index (χ0) is 48.4. The third-order valence-corrected chi connectivity index (χ3v) is 18.3. The van der Waals surface area contributed by atoms with Crippen molar-refractivity contribution >= 4 is 56.1 Å². The fourth-order valence-electron chi connectivity index (χ4n) is 14.7. The van der Waals surface area contributed by atoms with Gasteiger partial charge in [-0.2, -0.15) is 0 Å². The number of hydrogen-bond acceptors (Lipinski definition) is 4. The first-order chi connectivity index (χ1) is 36.6. The Balaban J connectivity index is 0.800. The van der Waals surface area contributed by atoms with Gasteiger partial charge in [0.15, 0.2) is 0 Å². The third kappa shape index (κ3) is 6.82. The Kier molecular flexibility index (Phi) is 9.77. The third-order valence-electron chi connectivity index (χ3n) is 18.3. The summed E-state index contributed by atoms with van der Waals surface area (Å²) in [5, 5.41) is 14.8. The van der Waals surface area contributed by atoms with Gasteiger partial charge in [-0.05, 0) is 154 Å². The van der Waals surface area contributed by atoms with E-state index < -0.39 is 0 Å². The molecule has 10 aliphatic rings. The molecule has 0 saturated carbocycles. The van der Waals surface area contributed by atoms with Gasteiger partial charge in [0.05, 0.1) is 11.7 Å². The molecule has 1 aromatic heterocycles. The number of para-hydroxylation sites is 1. The van der Waals surface area contributed by atoms with E-state index in [9.17, 15) is 0 Å². The minimum absolute atomic E-state index is 0.0632. The Bertz CT molecular complexity index is 3860. The molecule has 0 bridgehead atoms. The molecule has 0 radical (unpaired) electrons. The number of aryl methyl sites for hydroxylation is 1. The number of allylic oxidation sites excluding steroid dienone is 17. The van der Waals surface area contributed by atoms with E-state index in [0.717, 1.165) is 57.2 Å². The molecule has 6 aromatic rings. The van der Waals surface area contributed by atoms with Crippen molar-refractivity contribution in [2.24, 2.45) is 34.6 Å². The summed E-state index contributed by atoms with van der Waals surface area (Å²) < 4.78 is 2.60. The van der Waals surface area contributed by atoms with E-state index in [0.29, 0.717) is 23.8 Å². The molecule has 8 aliphatic carbocycles. The highest BCUT2D eigenvalue weighted by Gasteiger charge is 2.46. The zero-order valence-electron chi connectivity index (χ0n) is 41.7. The van der Waals surface area contributed by atoms with Crippen LogP contribution < -0.4 is 10.6 Å². The van der Waals surface area contributed by atoms with E-state index in [1.54, 1.807) is 5.57 Å². The first-order valence-electron chi connectivity index (χ1n) is 27.5. The second kappa shape index (κ2) is 16.9. The lowest BCUT2D eigenvalue weighted by Gasteiger charge is -2.43. The number of likely N-dealkylation sites (tertiary alicyclic amines) is 1. The van der Waals surface area contributed by atoms with Crippen LogP contribution in [0.5, 0.6) is 0 Å². The van der Waals surface area contributed by atoms with Crippen molar-refractivity contribution in [3.8, 4) is 0 Å². The topological polar surface area (TPSA) is 44.6 Å². The van der Waals surface area contributed by atoms with Gasteiger partial charge >= 0.3 is 0 Å². The Labute approximate surface area is 433 Å². The lowest BCUT2D eigenvalue weighted by molar-refractivity contribution is 0.272. The normalized spacial score (nSPS) is 28.1. The highest BCUT2D eigenvalue weighted by molar-refractivity contribution is 6.08. The second-order valence-corrected chi connectivity index (χ2v) is 22.3. The van der Waals surface area contributed by atoms with Crippen LogP contribution in [0.25, 0.3) is 50.3 Å². The first kappa shape index (κ1) is 42.7. The predicted molar refractivity (Wildman–Crippen MR) is 305 cm³/mol. The summed E-state index contributed by atoms with van der Waals surface area (Å²) in [5.74, 6) is 2.61. The van der Waals surface area contributed by atoms with Crippen LogP contribution in [-0.4, -0.2) is 27.5 Å². The largest absolute Gasteiger partial charge is 0.354 e. The van der Waals surface area contributed by atoms with Crippen molar-refractivity contribution in [2.45, 2.75) is 69.7 Å². The van der Waals surface area contributed by atoms with Crippen LogP contribution in [0.15, 0.2) is 232 Å². The molecule has 360 valence electrons. The highest BCUT2D eigenvalue weighted by atomic mass is 15.3. The summed E-state index contributed by atoms with van der Waals surface area (Å²) in [5.41, 5.74) is 19.3. The highest BCUT2D eigenvalue weighted by Crippen LogP contribution is 2.52. The molecule has 5 heteroatoms. The average molecular weight is 958 g/mol. The first-order valence-corrected chi connectivity index (χ1v) is 27.5. The van der Waals surface area contributed by atoms with Gasteiger partial charge < -0.3 is 14.8 Å². The minimum atomic E-state index is -0.221. The monoisotopic (exact) mass is 957 g/mol. The number of benzene rings is 5. The molecule has 0 amide bonds. The standard InChI is InChI=1S/C69H59N5/c1-2-15-45-33-50(29-25-42(45)13-1)67-70-68(51-30-28-44-27-26-43-14-5-7-19-55(43)59(44)38-51)72-69(71-67)62-41-54(34-49-18-6-8-20-56(49)62)74-64-24-12-10-22-58(64)61-37-48-31-32-53(35-52(48)40-66(61)74)73-63-23-11-9-21-57(63)60-36-46-16-3-4-17-47(46)39-65(60)73/h1-5,7-11,13-17,19-23,26-28,30,32-38,40-41,47-48,56,58,62,64,68-69,72H,6,12,18,24-25,29,31,39H2,(H,70,71). The molecule has 74 heavy (non-hydrogen) atoms. The fraction of sp³-hybridized carbons (Fsp3) is 0.232. The van der Waals surface area contributed by atoms with Crippen LogP contribution in [0.4, 0.5) is 0 Å². The summed E-state index contributed by atoms with van der Waals surface area (Å²) in [4.78, 5) is 8.43. The molecule has 1 saturated heterocycles. The maximum absolute atomic E-state index is 5.63. The minimum Gasteiger partial charge on any atom is -0.354 e. The van der Waals surface area contributed by atoms with Crippen molar-refractivity contribution in [3.05, 3.63) is 255 Å². The molecule has 16 rings (SSSR count). The van der Waals surface area contributed by atoms with E-state index in [1.807, 2.05) is 0 Å². The van der Waals surface area contributed by atoms with Crippen molar-refractivity contribution < 1.29 is 0 Å². The Morgan fingerprint density at radius 2 is 1.50 bits per heavy atom. The maximum atomic E-state index is 5.63. The van der Waals surface area contributed by atoms with E-state index in [4.69, 9.17) is 4.99 Å². The molecular formula is C69H59N5. The van der Waals surface area contributed by atoms with Gasteiger partial charge in [0.1, 0.15) is 12.0 Å². The van der Waals surface area contributed by atoms with E-state index in [-0.39, 0.29) is 24.2 Å². The lowest BCUT2D eigenvalue weighted by Crippen LogP contribution is -2.57. The molecule has 3 heterocycles. The number of fused-ring (bicyclic) bond motifs is 13. The van der Waals surface area contributed by atoms with Gasteiger partial charge in [0, 0.05) is 69.4 Å². The van der Waals surface area contributed by atoms with Crippen molar-refractivity contribution in [1.82, 2.24) is 20.1 Å². The van der Waals surface area contributed by atoms with Gasteiger partial charge in [0.2, 0.25) is 0 Å². The molecule has 8 unspecified atom stereocenters. The molecule has 2 aliphatic heterocycles. The molecular weight excluding hydrogens is 899 g/mol. The van der Waals surface area contributed by atoms with E-state index in [2.05, 4.69) is 220 Å². The fourth-order valence-corrected chi connectivity index (χ4v) is 14.7. The Morgan fingerprint density at radius 1 is 0.649 bits per heavy atom. The van der Waals surface area contributed by atoms with E-state index >= 15 is 0 Å².